The summed E-state index contributed by atoms with van der Waals surface area (Å²) in [6.45, 7) is 0.189. The second-order valence-electron chi connectivity index (χ2n) is 3.63. The van der Waals surface area contributed by atoms with Crippen molar-refractivity contribution in [2.45, 2.75) is 0 Å². The number of esters is 1. The zero-order valence-corrected chi connectivity index (χ0v) is 9.36. The second kappa shape index (κ2) is 4.26. The van der Waals surface area contributed by atoms with Gasteiger partial charge in [-0.3, -0.25) is 4.79 Å². The lowest BCUT2D eigenvalue weighted by molar-refractivity contribution is -0.138. The highest BCUT2D eigenvalue weighted by Crippen LogP contribution is 2.19. The van der Waals surface area contributed by atoms with E-state index in [0.29, 0.717) is 0 Å². The van der Waals surface area contributed by atoms with E-state index in [2.05, 4.69) is 14.6 Å². The fourth-order valence-corrected chi connectivity index (χ4v) is 1.64. The number of rotatable bonds is 3. The molecule has 84 valence electrons. The molecule has 4 heteroatoms. The molecule has 0 aliphatic heterocycles. The fraction of sp³-hybridized carbons (Fsp3) is 0.250. The Morgan fingerprint density at radius 3 is 3.00 bits per heavy atom. The number of aryl methyl sites for hydroxylation is 1. The summed E-state index contributed by atoms with van der Waals surface area (Å²) in [5, 5.41) is 4.16. The van der Waals surface area contributed by atoms with Gasteiger partial charge in [-0.25, -0.2) is 0 Å². The van der Waals surface area contributed by atoms with E-state index in [-0.39, 0.29) is 12.5 Å². The number of aromatic nitrogens is 1. The van der Waals surface area contributed by atoms with Crippen molar-refractivity contribution in [3.05, 3.63) is 30.5 Å². The van der Waals surface area contributed by atoms with Gasteiger partial charge in [0.25, 0.3) is 0 Å². The van der Waals surface area contributed by atoms with Gasteiger partial charge >= 0.3 is 5.97 Å². The van der Waals surface area contributed by atoms with Gasteiger partial charge in [0.1, 0.15) is 6.54 Å². The molecule has 0 bridgehead atoms. The highest BCUT2D eigenvalue weighted by atomic mass is 16.5. The lowest BCUT2D eigenvalue weighted by Gasteiger charge is -2.05. The van der Waals surface area contributed by atoms with Crippen LogP contribution < -0.4 is 5.32 Å². The van der Waals surface area contributed by atoms with Crippen molar-refractivity contribution < 1.29 is 9.53 Å². The van der Waals surface area contributed by atoms with Crippen molar-refractivity contribution in [3.63, 3.8) is 0 Å². The van der Waals surface area contributed by atoms with Crippen molar-refractivity contribution in [2.75, 3.05) is 19.0 Å². The summed E-state index contributed by atoms with van der Waals surface area (Å²) in [6.07, 6.45) is 2.01. The fourth-order valence-electron chi connectivity index (χ4n) is 1.64. The van der Waals surface area contributed by atoms with Crippen LogP contribution in [0.15, 0.2) is 30.5 Å². The number of nitrogens with one attached hydrogen (secondary N) is 1. The van der Waals surface area contributed by atoms with Crippen LogP contribution in [0.5, 0.6) is 0 Å². The summed E-state index contributed by atoms with van der Waals surface area (Å²) in [7, 11) is 3.38. The first-order valence-electron chi connectivity index (χ1n) is 5.06. The molecule has 16 heavy (non-hydrogen) atoms. The van der Waals surface area contributed by atoms with Crippen LogP contribution in [0.3, 0.4) is 0 Å². The quantitative estimate of drug-likeness (QED) is 0.798. The number of nitrogens with zero attached hydrogens (tertiary/aromatic N) is 1. The molecule has 0 saturated heterocycles. The predicted octanol–water partition coefficient (Wildman–Crippen LogP) is 1.76. The molecule has 0 spiro atoms. The zero-order chi connectivity index (χ0) is 11.5. The number of anilines is 1. The van der Waals surface area contributed by atoms with Gasteiger partial charge in [0.15, 0.2) is 0 Å². The predicted molar refractivity (Wildman–Crippen MR) is 63.4 cm³/mol. The van der Waals surface area contributed by atoms with Crippen LogP contribution in [0.1, 0.15) is 0 Å². The van der Waals surface area contributed by atoms with E-state index in [9.17, 15) is 4.79 Å². The van der Waals surface area contributed by atoms with Crippen LogP contribution >= 0.6 is 0 Å². The third-order valence-electron chi connectivity index (χ3n) is 2.55. The molecule has 0 radical (unpaired) electrons. The first-order valence-corrected chi connectivity index (χ1v) is 5.06. The Labute approximate surface area is 93.8 Å². The molecule has 0 fully saturated rings. The molecule has 0 aliphatic carbocycles. The molecule has 0 amide bonds. The molecule has 0 aliphatic rings. The van der Waals surface area contributed by atoms with Gasteiger partial charge in [-0.1, -0.05) is 0 Å². The normalized spacial score (nSPS) is 10.4. The maximum atomic E-state index is 11.0. The minimum atomic E-state index is -0.270. The van der Waals surface area contributed by atoms with E-state index < -0.39 is 0 Å². The number of fused-ring (bicyclic) bond motifs is 1. The molecule has 1 N–H and O–H groups in total. The van der Waals surface area contributed by atoms with Gasteiger partial charge in [-0.2, -0.15) is 0 Å². The number of ether oxygens (including phenoxy) is 1. The molecule has 0 atom stereocenters. The average Bonchev–Trinajstić information content (AvgIpc) is 2.67. The summed E-state index contributed by atoms with van der Waals surface area (Å²) >= 11 is 0. The van der Waals surface area contributed by atoms with Crippen LogP contribution in [0.4, 0.5) is 5.69 Å². The monoisotopic (exact) mass is 218 g/mol. The van der Waals surface area contributed by atoms with Gasteiger partial charge in [0.2, 0.25) is 0 Å². The molecule has 2 rings (SSSR count). The largest absolute Gasteiger partial charge is 0.468 e. The third-order valence-corrected chi connectivity index (χ3v) is 2.55. The number of carbonyl (C=O) groups excluding carboxylic acids is 1. The van der Waals surface area contributed by atoms with E-state index in [4.69, 9.17) is 0 Å². The van der Waals surface area contributed by atoms with E-state index >= 15 is 0 Å². The average molecular weight is 218 g/mol. The van der Waals surface area contributed by atoms with Crippen LogP contribution in [0.2, 0.25) is 0 Å². The number of methoxy groups -OCH3 is 1. The molecule has 0 unspecified atom stereocenters. The van der Waals surface area contributed by atoms with Crippen molar-refractivity contribution >= 4 is 22.6 Å². The standard InChI is InChI=1S/C12H14N2O2/c1-14-6-5-9-7-10(3-4-11(9)14)13-8-12(15)16-2/h3-7,13H,8H2,1-2H3. The first-order chi connectivity index (χ1) is 7.70. The Bertz CT molecular complexity index is 517. The topological polar surface area (TPSA) is 43.3 Å². The van der Waals surface area contributed by atoms with Gasteiger partial charge in [-0.15, -0.1) is 0 Å². The maximum absolute atomic E-state index is 11.0. The highest BCUT2D eigenvalue weighted by molar-refractivity contribution is 5.84. The van der Waals surface area contributed by atoms with Gasteiger partial charge in [0.05, 0.1) is 7.11 Å². The second-order valence-corrected chi connectivity index (χ2v) is 3.63. The number of hydrogen-bond acceptors (Lipinski definition) is 3. The third kappa shape index (κ3) is 2.00. The van der Waals surface area contributed by atoms with Gasteiger partial charge in [0, 0.05) is 29.8 Å². The molecule has 1 aromatic heterocycles. The smallest absolute Gasteiger partial charge is 0.325 e. The zero-order valence-electron chi connectivity index (χ0n) is 9.36. The van der Waals surface area contributed by atoms with E-state index in [1.165, 1.54) is 12.6 Å². The molecular weight excluding hydrogens is 204 g/mol. The van der Waals surface area contributed by atoms with Gasteiger partial charge < -0.3 is 14.6 Å². The first kappa shape index (κ1) is 10.5. The molecule has 1 heterocycles. The van der Waals surface area contributed by atoms with E-state index in [1.54, 1.807) is 0 Å². The summed E-state index contributed by atoms with van der Waals surface area (Å²) in [5.41, 5.74) is 2.09. The Balaban J connectivity index is 2.17. The van der Waals surface area contributed by atoms with Crippen LogP contribution in [-0.2, 0) is 16.6 Å². The maximum Gasteiger partial charge on any atom is 0.325 e. The molecule has 1 aromatic carbocycles. The van der Waals surface area contributed by atoms with Crippen molar-refractivity contribution in [3.8, 4) is 0 Å². The lowest BCUT2D eigenvalue weighted by Crippen LogP contribution is -2.14. The minimum Gasteiger partial charge on any atom is -0.468 e. The number of hydrogen-bond donors (Lipinski definition) is 1. The minimum absolute atomic E-state index is 0.189. The summed E-state index contributed by atoms with van der Waals surface area (Å²) in [5.74, 6) is -0.270. The van der Waals surface area contributed by atoms with Crippen LogP contribution in [0, 0.1) is 0 Å². The highest BCUT2D eigenvalue weighted by Gasteiger charge is 2.02. The molecule has 2 aromatic rings. The lowest BCUT2D eigenvalue weighted by atomic mass is 10.2. The van der Waals surface area contributed by atoms with Crippen molar-refractivity contribution in [2.24, 2.45) is 7.05 Å². The van der Waals surface area contributed by atoms with E-state index in [1.807, 2.05) is 37.5 Å². The van der Waals surface area contributed by atoms with E-state index in [0.717, 1.165) is 11.1 Å². The summed E-state index contributed by atoms with van der Waals surface area (Å²) in [4.78, 5) is 11.0. The molecule has 4 nitrogen and oxygen atoms in total. The van der Waals surface area contributed by atoms with Crippen LogP contribution in [0.25, 0.3) is 10.9 Å². The Hall–Kier alpha value is -1.97. The SMILES string of the molecule is COC(=O)CNc1ccc2c(ccn2C)c1. The Morgan fingerprint density at radius 1 is 1.44 bits per heavy atom. The molecule has 0 saturated carbocycles. The summed E-state index contributed by atoms with van der Waals surface area (Å²) in [6, 6.07) is 8.02. The molecular formula is C12H14N2O2. The number of carbonyl (C=O) groups is 1. The Kier molecular flexibility index (Phi) is 2.81. The van der Waals surface area contributed by atoms with Crippen molar-refractivity contribution in [1.82, 2.24) is 4.57 Å². The summed E-state index contributed by atoms with van der Waals surface area (Å²) < 4.78 is 6.61. The van der Waals surface area contributed by atoms with Crippen molar-refractivity contribution in [1.29, 1.82) is 0 Å². The van der Waals surface area contributed by atoms with Crippen LogP contribution in [-0.4, -0.2) is 24.2 Å². The van der Waals surface area contributed by atoms with Gasteiger partial charge in [-0.05, 0) is 24.3 Å². The number of benzene rings is 1. The Morgan fingerprint density at radius 2 is 2.25 bits per heavy atom.